The number of ether oxygens (including phenoxy) is 4. The molecule has 0 bridgehead atoms. The van der Waals surface area contributed by atoms with E-state index >= 15 is 0 Å². The van der Waals surface area contributed by atoms with Crippen molar-refractivity contribution in [1.29, 1.82) is 0 Å². The molecule has 41 heavy (non-hydrogen) atoms. The molecule has 3 atom stereocenters. The second-order valence-corrected chi connectivity index (χ2v) is 10.2. The number of cyclic esters (lactones) is 2. The molecule has 0 unspecified atom stereocenters. The molecule has 4 heterocycles. The Labute approximate surface area is 235 Å². The average Bonchev–Trinajstić information content (AvgIpc) is 3.55. The number of nitrogens with zero attached hydrogens (tertiary/aromatic N) is 4. The van der Waals surface area contributed by atoms with Crippen molar-refractivity contribution >= 4 is 46.8 Å². The van der Waals surface area contributed by atoms with Crippen molar-refractivity contribution < 1.29 is 43.2 Å². The first-order valence-corrected chi connectivity index (χ1v) is 13.5. The van der Waals surface area contributed by atoms with Gasteiger partial charge in [-0.2, -0.15) is 0 Å². The Balaban J connectivity index is 1.04. The zero-order chi connectivity index (χ0) is 28.5. The number of carbonyl (C=O) groups is 4. The number of anilines is 4. The molecule has 0 aromatic heterocycles. The number of hydrogen-bond donors (Lipinski definition) is 1. The first-order valence-electron chi connectivity index (χ1n) is 13.5. The molecular weight excluding hydrogens is 536 g/mol. The summed E-state index contributed by atoms with van der Waals surface area (Å²) < 4.78 is 21.3. The number of amides is 4. The van der Waals surface area contributed by atoms with Crippen molar-refractivity contribution in [1.82, 2.24) is 0 Å². The van der Waals surface area contributed by atoms with Crippen LogP contribution < -0.4 is 19.6 Å². The van der Waals surface area contributed by atoms with Crippen molar-refractivity contribution in [3.8, 4) is 0 Å². The van der Waals surface area contributed by atoms with Crippen LogP contribution in [0.15, 0.2) is 48.5 Å². The summed E-state index contributed by atoms with van der Waals surface area (Å²) in [6.45, 7) is 2.28. The van der Waals surface area contributed by atoms with E-state index in [4.69, 9.17) is 18.9 Å². The van der Waals surface area contributed by atoms with Gasteiger partial charge in [-0.15, -0.1) is 0 Å². The van der Waals surface area contributed by atoms with E-state index in [0.29, 0.717) is 43.4 Å². The maximum atomic E-state index is 12.6. The van der Waals surface area contributed by atoms with E-state index in [9.17, 15) is 24.3 Å². The molecular formula is C28H30N4O9. The Bertz CT molecular complexity index is 1320. The van der Waals surface area contributed by atoms with Gasteiger partial charge >= 0.3 is 12.2 Å². The smallest absolute Gasteiger partial charge is 0.414 e. The minimum Gasteiger partial charge on any atom is -0.444 e. The van der Waals surface area contributed by atoms with Crippen molar-refractivity contribution in [2.45, 2.75) is 24.7 Å². The van der Waals surface area contributed by atoms with Crippen molar-refractivity contribution in [2.24, 2.45) is 0 Å². The summed E-state index contributed by atoms with van der Waals surface area (Å²) >= 11 is 0. The lowest BCUT2D eigenvalue weighted by Crippen LogP contribution is -2.41. The maximum Gasteiger partial charge on any atom is 0.414 e. The van der Waals surface area contributed by atoms with E-state index < -0.39 is 30.5 Å². The van der Waals surface area contributed by atoms with Crippen LogP contribution in [-0.2, 0) is 28.5 Å². The molecule has 216 valence electrons. The SMILES string of the molecule is O=C1COCCN1c1ccc(N2C[C@H](C[C@H](O)[C@H]3CN(c4ccc(N5CCOCC5=O)cc4)C(=O)O3)OC2=O)cc1. The number of rotatable bonds is 7. The van der Waals surface area contributed by atoms with E-state index in [0.717, 1.165) is 5.69 Å². The van der Waals surface area contributed by atoms with Crippen molar-refractivity contribution in [3.63, 3.8) is 0 Å². The van der Waals surface area contributed by atoms with Crippen LogP contribution in [0.2, 0.25) is 0 Å². The van der Waals surface area contributed by atoms with Crippen LogP contribution in [0.4, 0.5) is 32.3 Å². The van der Waals surface area contributed by atoms with E-state index in [1.807, 2.05) is 0 Å². The third-order valence-corrected chi connectivity index (χ3v) is 7.56. The summed E-state index contributed by atoms with van der Waals surface area (Å²) in [5.74, 6) is -0.244. The molecule has 4 saturated heterocycles. The Kier molecular flexibility index (Phi) is 7.47. The van der Waals surface area contributed by atoms with Gasteiger partial charge in [-0.25, -0.2) is 9.59 Å². The van der Waals surface area contributed by atoms with E-state index in [1.54, 1.807) is 58.3 Å². The van der Waals surface area contributed by atoms with Crippen molar-refractivity contribution in [3.05, 3.63) is 48.5 Å². The third-order valence-electron chi connectivity index (χ3n) is 7.56. The highest BCUT2D eigenvalue weighted by Gasteiger charge is 2.41. The summed E-state index contributed by atoms with van der Waals surface area (Å²) in [6, 6.07) is 14.0. The Morgan fingerprint density at radius 2 is 1.10 bits per heavy atom. The van der Waals surface area contributed by atoms with Gasteiger partial charge in [0.15, 0.2) is 0 Å². The monoisotopic (exact) mass is 566 g/mol. The topological polar surface area (TPSA) is 138 Å². The summed E-state index contributed by atoms with van der Waals surface area (Å²) in [5, 5.41) is 10.9. The Hall–Kier alpha value is -4.20. The fraction of sp³-hybridized carbons (Fsp3) is 0.429. The van der Waals surface area contributed by atoms with Crippen LogP contribution in [0.3, 0.4) is 0 Å². The first kappa shape index (κ1) is 27.0. The first-order chi connectivity index (χ1) is 19.9. The molecule has 2 aromatic carbocycles. The van der Waals surface area contributed by atoms with E-state index in [-0.39, 0.29) is 44.5 Å². The number of morpholine rings is 2. The second kappa shape index (κ2) is 11.4. The number of aliphatic hydroxyl groups is 1. The number of benzene rings is 2. The summed E-state index contributed by atoms with van der Waals surface area (Å²) in [4.78, 5) is 55.5. The zero-order valence-electron chi connectivity index (χ0n) is 22.2. The number of hydrogen-bond acceptors (Lipinski definition) is 9. The number of aliphatic hydroxyl groups excluding tert-OH is 1. The predicted octanol–water partition coefficient (Wildman–Crippen LogP) is 1.51. The molecule has 4 fully saturated rings. The van der Waals surface area contributed by atoms with Crippen LogP contribution >= 0.6 is 0 Å². The zero-order valence-corrected chi connectivity index (χ0v) is 22.2. The largest absolute Gasteiger partial charge is 0.444 e. The molecule has 4 amide bonds. The van der Waals surface area contributed by atoms with Gasteiger partial charge < -0.3 is 33.9 Å². The van der Waals surface area contributed by atoms with Crippen molar-refractivity contribution in [2.75, 3.05) is 72.2 Å². The fourth-order valence-corrected chi connectivity index (χ4v) is 5.38. The third kappa shape index (κ3) is 5.56. The highest BCUT2D eigenvalue weighted by atomic mass is 16.6. The molecule has 4 aliphatic heterocycles. The minimum atomic E-state index is -1.05. The standard InChI is InChI=1S/C28H30N4O9/c33-23(24-15-32(28(37)41-24)21-7-3-19(4-8-21)30-10-12-39-17-26(30)35)13-22-14-31(27(36)40-22)20-5-1-18(2-6-20)29-9-11-38-16-25(29)34/h1-8,22-24,33H,9-17H2/t22-,23-,24+/m0/s1. The van der Waals surface area contributed by atoms with Gasteiger partial charge in [-0.1, -0.05) is 0 Å². The lowest BCUT2D eigenvalue weighted by atomic mass is 10.1. The lowest BCUT2D eigenvalue weighted by Gasteiger charge is -2.27. The Morgan fingerprint density at radius 1 is 0.659 bits per heavy atom. The van der Waals surface area contributed by atoms with E-state index in [2.05, 4.69) is 0 Å². The molecule has 13 heteroatoms. The minimum absolute atomic E-state index is 0.0389. The molecule has 0 aliphatic carbocycles. The highest BCUT2D eigenvalue weighted by molar-refractivity contribution is 5.96. The van der Waals surface area contributed by atoms with Gasteiger partial charge in [-0.3, -0.25) is 19.4 Å². The van der Waals surface area contributed by atoms with Crippen LogP contribution in [-0.4, -0.2) is 100 Å². The predicted molar refractivity (Wildman–Crippen MR) is 145 cm³/mol. The van der Waals surface area contributed by atoms with Gasteiger partial charge in [0.2, 0.25) is 0 Å². The van der Waals surface area contributed by atoms with Gasteiger partial charge in [0.25, 0.3) is 11.8 Å². The van der Waals surface area contributed by atoms with Crippen LogP contribution in [0, 0.1) is 0 Å². The summed E-state index contributed by atoms with van der Waals surface area (Å²) in [5.41, 5.74) is 2.62. The van der Waals surface area contributed by atoms with Crippen LogP contribution in [0.1, 0.15) is 6.42 Å². The fourth-order valence-electron chi connectivity index (χ4n) is 5.38. The van der Waals surface area contributed by atoms with Gasteiger partial charge in [0, 0.05) is 42.3 Å². The molecule has 0 saturated carbocycles. The Morgan fingerprint density at radius 3 is 1.59 bits per heavy atom. The summed E-state index contributed by atoms with van der Waals surface area (Å²) in [6.07, 6.45) is -3.50. The van der Waals surface area contributed by atoms with Gasteiger partial charge in [0.1, 0.15) is 25.4 Å². The maximum absolute atomic E-state index is 12.6. The van der Waals surface area contributed by atoms with Crippen LogP contribution in [0.5, 0.6) is 0 Å². The quantitative estimate of drug-likeness (QED) is 0.529. The molecule has 6 rings (SSSR count). The van der Waals surface area contributed by atoms with Gasteiger partial charge in [0.05, 0.1) is 32.4 Å². The molecule has 1 N–H and O–H groups in total. The summed E-state index contributed by atoms with van der Waals surface area (Å²) in [7, 11) is 0. The molecule has 4 aliphatic rings. The second-order valence-electron chi connectivity index (χ2n) is 10.2. The molecule has 0 spiro atoms. The number of carbonyl (C=O) groups excluding carboxylic acids is 4. The normalized spacial score (nSPS) is 24.1. The average molecular weight is 567 g/mol. The molecule has 2 aromatic rings. The van der Waals surface area contributed by atoms with Gasteiger partial charge in [-0.05, 0) is 48.5 Å². The molecule has 13 nitrogen and oxygen atoms in total. The lowest BCUT2D eigenvalue weighted by molar-refractivity contribution is -0.126. The molecule has 0 radical (unpaired) electrons. The van der Waals surface area contributed by atoms with E-state index in [1.165, 1.54) is 9.80 Å². The van der Waals surface area contributed by atoms with Crippen LogP contribution in [0.25, 0.3) is 0 Å². The highest BCUT2D eigenvalue weighted by Crippen LogP contribution is 2.30.